The van der Waals surface area contributed by atoms with Gasteiger partial charge in [-0.2, -0.15) is 5.10 Å². The van der Waals surface area contributed by atoms with E-state index in [1.807, 2.05) is 0 Å². The van der Waals surface area contributed by atoms with Crippen LogP contribution in [-0.2, 0) is 0 Å². The zero-order valence-corrected chi connectivity index (χ0v) is 14.1. The standard InChI is InChI=1S/C16H15BrN2O4/c1-22-14-6-4-11(8-12(14)17)16(21)19-18-9-10-3-5-13(20)15(7-10)23-2/h3-9,20H,1-2H3,(H,19,21)/b18-9+. The monoisotopic (exact) mass is 378 g/mol. The Labute approximate surface area is 141 Å². The minimum atomic E-state index is -0.352. The van der Waals surface area contributed by atoms with Gasteiger partial charge in [0.2, 0.25) is 0 Å². The first-order valence-corrected chi connectivity index (χ1v) is 7.38. The van der Waals surface area contributed by atoms with Crippen LogP contribution in [0.1, 0.15) is 15.9 Å². The van der Waals surface area contributed by atoms with Gasteiger partial charge in [0.1, 0.15) is 5.75 Å². The van der Waals surface area contributed by atoms with Crippen molar-refractivity contribution in [1.29, 1.82) is 0 Å². The van der Waals surface area contributed by atoms with Crippen molar-refractivity contribution in [2.45, 2.75) is 0 Å². The quantitative estimate of drug-likeness (QED) is 0.619. The molecule has 0 unspecified atom stereocenters. The summed E-state index contributed by atoms with van der Waals surface area (Å²) in [6.45, 7) is 0. The van der Waals surface area contributed by atoms with Crippen LogP contribution in [-0.4, -0.2) is 31.4 Å². The lowest BCUT2D eigenvalue weighted by atomic mass is 10.2. The van der Waals surface area contributed by atoms with Crippen LogP contribution in [0.4, 0.5) is 0 Å². The number of carbonyl (C=O) groups excluding carboxylic acids is 1. The predicted molar refractivity (Wildman–Crippen MR) is 90.4 cm³/mol. The summed E-state index contributed by atoms with van der Waals surface area (Å²) in [6.07, 6.45) is 1.46. The molecule has 0 saturated carbocycles. The molecule has 1 amide bonds. The zero-order chi connectivity index (χ0) is 16.8. The van der Waals surface area contributed by atoms with Crippen molar-refractivity contribution in [2.75, 3.05) is 14.2 Å². The van der Waals surface area contributed by atoms with E-state index in [0.717, 1.165) is 0 Å². The van der Waals surface area contributed by atoms with E-state index in [2.05, 4.69) is 26.5 Å². The fourth-order valence-corrected chi connectivity index (χ4v) is 2.35. The summed E-state index contributed by atoms with van der Waals surface area (Å²) < 4.78 is 10.8. The van der Waals surface area contributed by atoms with Gasteiger partial charge < -0.3 is 14.6 Å². The Morgan fingerprint density at radius 2 is 1.91 bits per heavy atom. The average molecular weight is 379 g/mol. The summed E-state index contributed by atoms with van der Waals surface area (Å²) in [4.78, 5) is 12.0. The molecule has 0 atom stereocenters. The smallest absolute Gasteiger partial charge is 0.271 e. The predicted octanol–water partition coefficient (Wildman–Crippen LogP) is 2.94. The summed E-state index contributed by atoms with van der Waals surface area (Å²) in [5.41, 5.74) is 3.55. The fraction of sp³-hybridized carbons (Fsp3) is 0.125. The molecule has 0 aliphatic heterocycles. The number of rotatable bonds is 5. The second-order valence-electron chi connectivity index (χ2n) is 4.48. The number of halogens is 1. The van der Waals surface area contributed by atoms with Crippen LogP contribution >= 0.6 is 15.9 Å². The van der Waals surface area contributed by atoms with Gasteiger partial charge in [-0.25, -0.2) is 5.43 Å². The lowest BCUT2D eigenvalue weighted by molar-refractivity contribution is 0.0955. The van der Waals surface area contributed by atoms with Gasteiger partial charge in [0, 0.05) is 5.56 Å². The summed E-state index contributed by atoms with van der Waals surface area (Å²) >= 11 is 3.32. The van der Waals surface area contributed by atoms with E-state index >= 15 is 0 Å². The van der Waals surface area contributed by atoms with Gasteiger partial charge in [0.15, 0.2) is 11.5 Å². The highest BCUT2D eigenvalue weighted by Gasteiger charge is 2.08. The van der Waals surface area contributed by atoms with Crippen molar-refractivity contribution in [1.82, 2.24) is 5.43 Å². The fourth-order valence-electron chi connectivity index (χ4n) is 1.81. The highest BCUT2D eigenvalue weighted by Crippen LogP contribution is 2.26. The number of phenolic OH excluding ortho intramolecular Hbond substituents is 1. The number of aromatic hydroxyl groups is 1. The lowest BCUT2D eigenvalue weighted by Crippen LogP contribution is -2.17. The van der Waals surface area contributed by atoms with Crippen molar-refractivity contribution < 1.29 is 19.4 Å². The van der Waals surface area contributed by atoms with Crippen molar-refractivity contribution in [3.8, 4) is 17.2 Å². The molecular formula is C16H15BrN2O4. The summed E-state index contributed by atoms with van der Waals surface area (Å²) in [5.74, 6) is 0.660. The van der Waals surface area contributed by atoms with Gasteiger partial charge in [-0.1, -0.05) is 0 Å². The number of amides is 1. The Bertz CT molecular complexity index is 747. The maximum Gasteiger partial charge on any atom is 0.271 e. The molecule has 2 N–H and O–H groups in total. The molecule has 2 aromatic rings. The molecule has 0 heterocycles. The van der Waals surface area contributed by atoms with Crippen LogP contribution in [0.3, 0.4) is 0 Å². The first-order chi connectivity index (χ1) is 11.0. The number of nitrogens with one attached hydrogen (secondary N) is 1. The van der Waals surface area contributed by atoms with Gasteiger partial charge in [-0.15, -0.1) is 0 Å². The number of phenols is 1. The molecule has 7 heteroatoms. The van der Waals surface area contributed by atoms with E-state index in [4.69, 9.17) is 9.47 Å². The Morgan fingerprint density at radius 1 is 1.17 bits per heavy atom. The first kappa shape index (κ1) is 16.8. The topological polar surface area (TPSA) is 80.2 Å². The minimum Gasteiger partial charge on any atom is -0.504 e. The first-order valence-electron chi connectivity index (χ1n) is 6.59. The minimum absolute atomic E-state index is 0.0387. The van der Waals surface area contributed by atoms with Crippen LogP contribution in [0.25, 0.3) is 0 Å². The molecule has 0 aromatic heterocycles. The summed E-state index contributed by atoms with van der Waals surface area (Å²) in [6, 6.07) is 9.72. The van der Waals surface area contributed by atoms with Crippen molar-refractivity contribution in [2.24, 2.45) is 5.10 Å². The third-order valence-corrected chi connectivity index (χ3v) is 3.62. The Hall–Kier alpha value is -2.54. The molecule has 0 radical (unpaired) electrons. The average Bonchev–Trinajstić information content (AvgIpc) is 2.56. The van der Waals surface area contributed by atoms with Crippen molar-refractivity contribution in [3.05, 3.63) is 52.0 Å². The van der Waals surface area contributed by atoms with E-state index < -0.39 is 0 Å². The summed E-state index contributed by atoms with van der Waals surface area (Å²) in [7, 11) is 3.01. The molecule has 0 aliphatic carbocycles. The van der Waals surface area contributed by atoms with Crippen LogP contribution in [0.2, 0.25) is 0 Å². The van der Waals surface area contributed by atoms with Crippen molar-refractivity contribution in [3.63, 3.8) is 0 Å². The van der Waals surface area contributed by atoms with Gasteiger partial charge in [0.25, 0.3) is 5.91 Å². The van der Waals surface area contributed by atoms with Crippen LogP contribution < -0.4 is 14.9 Å². The number of benzene rings is 2. The third-order valence-electron chi connectivity index (χ3n) is 3.00. The van der Waals surface area contributed by atoms with Crippen LogP contribution in [0.5, 0.6) is 17.2 Å². The number of carbonyl (C=O) groups is 1. The maximum absolute atomic E-state index is 12.0. The van der Waals surface area contributed by atoms with Crippen LogP contribution in [0.15, 0.2) is 46.0 Å². The zero-order valence-electron chi connectivity index (χ0n) is 12.5. The SMILES string of the molecule is COc1cc(/C=N/NC(=O)c2ccc(OC)c(Br)c2)ccc1O. The van der Waals surface area contributed by atoms with E-state index in [1.165, 1.54) is 19.4 Å². The van der Waals surface area contributed by atoms with Gasteiger partial charge in [-0.3, -0.25) is 4.79 Å². The molecule has 2 rings (SSSR count). The lowest BCUT2D eigenvalue weighted by Gasteiger charge is -2.05. The third kappa shape index (κ3) is 4.23. The summed E-state index contributed by atoms with van der Waals surface area (Å²) in [5, 5.41) is 13.4. The van der Waals surface area contributed by atoms with Crippen molar-refractivity contribution >= 4 is 28.1 Å². The maximum atomic E-state index is 12.0. The highest BCUT2D eigenvalue weighted by atomic mass is 79.9. The second-order valence-corrected chi connectivity index (χ2v) is 5.33. The largest absolute Gasteiger partial charge is 0.504 e. The molecule has 0 aliphatic rings. The molecule has 2 aromatic carbocycles. The molecule has 23 heavy (non-hydrogen) atoms. The molecular weight excluding hydrogens is 364 g/mol. The van der Waals surface area contributed by atoms with E-state index in [1.54, 1.807) is 37.4 Å². The normalized spacial score (nSPS) is 10.6. The number of hydrazone groups is 1. The number of ether oxygens (including phenoxy) is 2. The molecule has 120 valence electrons. The molecule has 0 spiro atoms. The van der Waals surface area contributed by atoms with E-state index in [9.17, 15) is 9.90 Å². The number of methoxy groups -OCH3 is 2. The number of nitrogens with zero attached hydrogens (tertiary/aromatic N) is 1. The van der Waals surface area contributed by atoms with Gasteiger partial charge >= 0.3 is 0 Å². The number of hydrogen-bond donors (Lipinski definition) is 2. The van der Waals surface area contributed by atoms with E-state index in [0.29, 0.717) is 27.1 Å². The molecule has 6 nitrogen and oxygen atoms in total. The highest BCUT2D eigenvalue weighted by molar-refractivity contribution is 9.10. The van der Waals surface area contributed by atoms with Gasteiger partial charge in [-0.05, 0) is 57.9 Å². The Morgan fingerprint density at radius 3 is 2.57 bits per heavy atom. The van der Waals surface area contributed by atoms with Gasteiger partial charge in [0.05, 0.1) is 24.9 Å². The molecule has 0 bridgehead atoms. The Kier molecular flexibility index (Phi) is 5.59. The van der Waals surface area contributed by atoms with E-state index in [-0.39, 0.29) is 11.7 Å². The molecule has 0 fully saturated rings. The number of hydrogen-bond acceptors (Lipinski definition) is 5. The second kappa shape index (κ2) is 7.64. The van der Waals surface area contributed by atoms with Crippen LogP contribution in [0, 0.1) is 0 Å². The molecule has 0 saturated heterocycles. The Balaban J connectivity index is 2.05.